The van der Waals surface area contributed by atoms with Gasteiger partial charge in [-0.25, -0.2) is 4.39 Å². The predicted octanol–water partition coefficient (Wildman–Crippen LogP) is 2.86. The number of amides is 1. The number of rotatable bonds is 5. The number of hydrogen-bond donors (Lipinski definition) is 2. The number of nitrogens with one attached hydrogen (secondary N) is 1. The van der Waals surface area contributed by atoms with E-state index in [1.165, 1.54) is 31.0 Å². The number of carbonyl (C=O) groups is 1. The zero-order valence-corrected chi connectivity index (χ0v) is 12.6. The summed E-state index contributed by atoms with van der Waals surface area (Å²) in [5, 5.41) is 2.73. The van der Waals surface area contributed by atoms with Gasteiger partial charge in [0.05, 0.1) is 11.4 Å². The van der Waals surface area contributed by atoms with Crippen LogP contribution in [0, 0.1) is 11.7 Å². The van der Waals surface area contributed by atoms with Crippen molar-refractivity contribution in [1.82, 2.24) is 4.90 Å². The third-order valence-corrected chi connectivity index (χ3v) is 4.04. The fraction of sp³-hybridized carbons (Fsp3) is 0.562. The van der Waals surface area contributed by atoms with Crippen LogP contribution in [0.5, 0.6) is 0 Å². The van der Waals surface area contributed by atoms with Gasteiger partial charge in [-0.15, -0.1) is 0 Å². The maximum absolute atomic E-state index is 12.9. The van der Waals surface area contributed by atoms with Gasteiger partial charge in [0.2, 0.25) is 5.91 Å². The van der Waals surface area contributed by atoms with E-state index in [9.17, 15) is 9.18 Å². The molecule has 5 heteroatoms. The summed E-state index contributed by atoms with van der Waals surface area (Å²) in [6.07, 6.45) is 3.79. The number of halogens is 1. The molecule has 4 nitrogen and oxygen atoms in total. The molecular weight excluding hydrogens is 269 g/mol. The van der Waals surface area contributed by atoms with E-state index >= 15 is 0 Å². The van der Waals surface area contributed by atoms with Crippen molar-refractivity contribution >= 4 is 17.3 Å². The lowest BCUT2D eigenvalue weighted by atomic mass is 9.99. The summed E-state index contributed by atoms with van der Waals surface area (Å²) in [4.78, 5) is 14.3. The van der Waals surface area contributed by atoms with Crippen LogP contribution < -0.4 is 11.1 Å². The van der Waals surface area contributed by atoms with Crippen molar-refractivity contribution in [3.63, 3.8) is 0 Å². The molecule has 2 rings (SSSR count). The molecule has 1 fully saturated rings. The Hall–Kier alpha value is -1.62. The van der Waals surface area contributed by atoms with Crippen molar-refractivity contribution in [2.45, 2.75) is 32.6 Å². The second-order valence-electron chi connectivity index (χ2n) is 5.91. The van der Waals surface area contributed by atoms with Gasteiger partial charge >= 0.3 is 0 Å². The Morgan fingerprint density at radius 2 is 2.14 bits per heavy atom. The molecule has 1 amide bonds. The lowest BCUT2D eigenvalue weighted by molar-refractivity contribution is -0.116. The van der Waals surface area contributed by atoms with Crippen LogP contribution in [0.3, 0.4) is 0 Å². The summed E-state index contributed by atoms with van der Waals surface area (Å²) < 4.78 is 12.9. The summed E-state index contributed by atoms with van der Waals surface area (Å²) in [5.74, 6) is 0.356. The van der Waals surface area contributed by atoms with Gasteiger partial charge in [0, 0.05) is 6.42 Å². The molecule has 116 valence electrons. The van der Waals surface area contributed by atoms with Crippen LogP contribution >= 0.6 is 0 Å². The smallest absolute Gasteiger partial charge is 0.224 e. The number of benzene rings is 1. The summed E-state index contributed by atoms with van der Waals surface area (Å²) in [5.41, 5.74) is 6.40. The Morgan fingerprint density at radius 3 is 2.81 bits per heavy atom. The first-order valence-corrected chi connectivity index (χ1v) is 7.62. The quantitative estimate of drug-likeness (QED) is 0.821. The zero-order valence-electron chi connectivity index (χ0n) is 12.6. The number of carbonyl (C=O) groups excluding carboxylic acids is 1. The van der Waals surface area contributed by atoms with Gasteiger partial charge in [-0.2, -0.15) is 0 Å². The average molecular weight is 293 g/mol. The standard InChI is InChI=1S/C16H24FN3O/c1-12-6-9-20(10-7-12)8-2-3-16(21)19-15-5-4-13(17)11-14(15)18/h4-5,11-12H,2-3,6-10,18H2,1H3,(H,19,21). The van der Waals surface area contributed by atoms with Gasteiger partial charge in [-0.3, -0.25) is 4.79 Å². The van der Waals surface area contributed by atoms with E-state index in [1.807, 2.05) is 0 Å². The Kier molecular flexibility index (Phi) is 5.56. The van der Waals surface area contributed by atoms with Crippen LogP contribution in [0.2, 0.25) is 0 Å². The van der Waals surface area contributed by atoms with Gasteiger partial charge in [0.25, 0.3) is 0 Å². The summed E-state index contributed by atoms with van der Waals surface area (Å²) in [6.45, 7) is 5.51. The van der Waals surface area contributed by atoms with Crippen LogP contribution in [0.25, 0.3) is 0 Å². The highest BCUT2D eigenvalue weighted by molar-refractivity contribution is 5.93. The van der Waals surface area contributed by atoms with Crippen molar-refractivity contribution in [2.24, 2.45) is 5.92 Å². The van der Waals surface area contributed by atoms with Crippen LogP contribution in [-0.2, 0) is 4.79 Å². The largest absolute Gasteiger partial charge is 0.397 e. The minimum absolute atomic E-state index is 0.0707. The minimum Gasteiger partial charge on any atom is -0.397 e. The minimum atomic E-state index is -0.398. The molecule has 21 heavy (non-hydrogen) atoms. The number of nitrogens with zero attached hydrogens (tertiary/aromatic N) is 1. The van der Waals surface area contributed by atoms with E-state index in [-0.39, 0.29) is 11.6 Å². The molecule has 1 heterocycles. The van der Waals surface area contributed by atoms with Gasteiger partial charge in [-0.1, -0.05) is 6.92 Å². The first-order chi connectivity index (χ1) is 10.0. The molecular formula is C16H24FN3O. The van der Waals surface area contributed by atoms with Crippen molar-refractivity contribution in [3.8, 4) is 0 Å². The van der Waals surface area contributed by atoms with Crippen molar-refractivity contribution in [1.29, 1.82) is 0 Å². The van der Waals surface area contributed by atoms with Crippen molar-refractivity contribution < 1.29 is 9.18 Å². The highest BCUT2D eigenvalue weighted by Gasteiger charge is 2.15. The molecule has 0 atom stereocenters. The fourth-order valence-electron chi connectivity index (χ4n) is 2.61. The van der Waals surface area contributed by atoms with E-state index < -0.39 is 5.82 Å². The normalized spacial score (nSPS) is 16.9. The molecule has 1 aliphatic heterocycles. The number of anilines is 2. The summed E-state index contributed by atoms with van der Waals surface area (Å²) in [6, 6.07) is 4.00. The summed E-state index contributed by atoms with van der Waals surface area (Å²) >= 11 is 0. The Morgan fingerprint density at radius 1 is 1.43 bits per heavy atom. The third kappa shape index (κ3) is 5.01. The molecule has 0 radical (unpaired) electrons. The van der Waals surface area contributed by atoms with Crippen LogP contribution in [-0.4, -0.2) is 30.4 Å². The number of piperidine rings is 1. The molecule has 0 unspecified atom stereocenters. The van der Waals surface area contributed by atoms with Crippen molar-refractivity contribution in [2.75, 3.05) is 30.7 Å². The van der Waals surface area contributed by atoms with Crippen LogP contribution in [0.4, 0.5) is 15.8 Å². The van der Waals surface area contributed by atoms with Gasteiger partial charge in [0.15, 0.2) is 0 Å². The SMILES string of the molecule is CC1CCN(CCCC(=O)Nc2ccc(F)cc2N)CC1. The molecule has 0 saturated carbocycles. The lowest BCUT2D eigenvalue weighted by Crippen LogP contribution is -2.34. The zero-order chi connectivity index (χ0) is 15.2. The molecule has 0 aliphatic carbocycles. The highest BCUT2D eigenvalue weighted by atomic mass is 19.1. The maximum Gasteiger partial charge on any atom is 0.224 e. The number of likely N-dealkylation sites (tertiary alicyclic amines) is 1. The van der Waals surface area contributed by atoms with E-state index in [2.05, 4.69) is 17.1 Å². The van der Waals surface area contributed by atoms with Crippen LogP contribution in [0.1, 0.15) is 32.6 Å². The van der Waals surface area contributed by atoms with Crippen molar-refractivity contribution in [3.05, 3.63) is 24.0 Å². The number of nitrogen functional groups attached to an aromatic ring is 1. The highest BCUT2D eigenvalue weighted by Crippen LogP contribution is 2.20. The molecule has 3 N–H and O–H groups in total. The lowest BCUT2D eigenvalue weighted by Gasteiger charge is -2.29. The summed E-state index contributed by atoms with van der Waals surface area (Å²) in [7, 11) is 0. The second-order valence-corrected chi connectivity index (χ2v) is 5.91. The average Bonchev–Trinajstić information content (AvgIpc) is 2.44. The van der Waals surface area contributed by atoms with E-state index in [1.54, 1.807) is 0 Å². The second kappa shape index (κ2) is 7.41. The monoisotopic (exact) mass is 293 g/mol. The van der Waals surface area contributed by atoms with Gasteiger partial charge in [-0.05, 0) is 63.0 Å². The van der Waals surface area contributed by atoms with E-state index in [0.717, 1.165) is 32.0 Å². The van der Waals surface area contributed by atoms with E-state index in [4.69, 9.17) is 5.73 Å². The third-order valence-electron chi connectivity index (χ3n) is 4.04. The molecule has 0 aromatic heterocycles. The first kappa shape index (κ1) is 15.8. The molecule has 1 aliphatic rings. The molecule has 0 bridgehead atoms. The Labute approximate surface area is 125 Å². The van der Waals surface area contributed by atoms with Gasteiger partial charge in [0.1, 0.15) is 5.82 Å². The maximum atomic E-state index is 12.9. The Balaban J connectivity index is 1.70. The molecule has 1 saturated heterocycles. The van der Waals surface area contributed by atoms with Crippen LogP contribution in [0.15, 0.2) is 18.2 Å². The van der Waals surface area contributed by atoms with E-state index in [0.29, 0.717) is 12.1 Å². The number of hydrogen-bond acceptors (Lipinski definition) is 3. The fourth-order valence-corrected chi connectivity index (χ4v) is 2.61. The molecule has 0 spiro atoms. The Bertz CT molecular complexity index is 484. The number of nitrogens with two attached hydrogens (primary N) is 1. The van der Waals surface area contributed by atoms with Gasteiger partial charge < -0.3 is 16.0 Å². The predicted molar refractivity (Wildman–Crippen MR) is 83.5 cm³/mol. The first-order valence-electron chi connectivity index (χ1n) is 7.62. The molecule has 1 aromatic carbocycles. The molecule has 1 aromatic rings. The topological polar surface area (TPSA) is 58.4 Å².